The number of carbonyl (C=O) groups excluding carboxylic acids is 3. The van der Waals surface area contributed by atoms with Crippen molar-refractivity contribution in [3.05, 3.63) is 23.2 Å². The Bertz CT molecular complexity index is 997. The Morgan fingerprint density at radius 2 is 2.03 bits per heavy atom. The van der Waals surface area contributed by atoms with Crippen LogP contribution in [0.3, 0.4) is 0 Å². The number of carbonyl (C=O) groups is 3. The van der Waals surface area contributed by atoms with E-state index in [-0.39, 0.29) is 27.4 Å². The predicted octanol–water partition coefficient (Wildman–Crippen LogP) is 2.03. The lowest BCUT2D eigenvalue weighted by molar-refractivity contribution is -0.136. The quantitative estimate of drug-likeness (QED) is 0.657. The van der Waals surface area contributed by atoms with Crippen LogP contribution in [-0.4, -0.2) is 61.6 Å². The molecule has 2 aliphatic rings. The van der Waals surface area contributed by atoms with Crippen molar-refractivity contribution < 1.29 is 22.8 Å². The molecule has 2 fully saturated rings. The summed E-state index contributed by atoms with van der Waals surface area (Å²) in [7, 11) is -1.07. The normalized spacial score (nSPS) is 24.4. The van der Waals surface area contributed by atoms with E-state index in [4.69, 9.17) is 11.6 Å². The molecule has 11 heteroatoms. The van der Waals surface area contributed by atoms with Crippen LogP contribution in [-0.2, 0) is 19.6 Å². The molecule has 30 heavy (non-hydrogen) atoms. The van der Waals surface area contributed by atoms with Crippen molar-refractivity contribution in [3.63, 3.8) is 0 Å². The van der Waals surface area contributed by atoms with Crippen LogP contribution in [0.1, 0.15) is 32.6 Å². The van der Waals surface area contributed by atoms with E-state index >= 15 is 0 Å². The SMILES string of the molecule is C[C@H]1CCCC[C@@]12NC(=O)N(CC(=O)Nc1ccc(Cl)c(S(=O)(=O)N(C)C)c1)C2=O. The average Bonchev–Trinajstić information content (AvgIpc) is 2.90. The van der Waals surface area contributed by atoms with Crippen molar-refractivity contribution in [1.29, 1.82) is 0 Å². The number of benzene rings is 1. The van der Waals surface area contributed by atoms with Gasteiger partial charge in [0.2, 0.25) is 15.9 Å². The first-order valence-corrected chi connectivity index (χ1v) is 11.5. The van der Waals surface area contributed by atoms with Gasteiger partial charge in [-0.05, 0) is 37.0 Å². The van der Waals surface area contributed by atoms with E-state index in [0.29, 0.717) is 6.42 Å². The molecule has 1 aliphatic heterocycles. The first-order chi connectivity index (χ1) is 14.0. The summed E-state index contributed by atoms with van der Waals surface area (Å²) in [5, 5.41) is 5.35. The predicted molar refractivity (Wildman–Crippen MR) is 112 cm³/mol. The number of urea groups is 1. The number of rotatable bonds is 5. The first kappa shape index (κ1) is 22.5. The Morgan fingerprint density at radius 3 is 2.67 bits per heavy atom. The van der Waals surface area contributed by atoms with Gasteiger partial charge in [0, 0.05) is 19.8 Å². The molecule has 1 saturated heterocycles. The molecule has 3 rings (SSSR count). The van der Waals surface area contributed by atoms with Crippen LogP contribution in [0.2, 0.25) is 5.02 Å². The lowest BCUT2D eigenvalue weighted by Crippen LogP contribution is -2.54. The number of imide groups is 1. The highest BCUT2D eigenvalue weighted by Crippen LogP contribution is 2.38. The van der Waals surface area contributed by atoms with Gasteiger partial charge in [0.1, 0.15) is 17.0 Å². The number of nitrogens with one attached hydrogen (secondary N) is 2. The topological polar surface area (TPSA) is 116 Å². The largest absolute Gasteiger partial charge is 0.325 e. The molecule has 0 radical (unpaired) electrons. The van der Waals surface area contributed by atoms with E-state index in [0.717, 1.165) is 28.5 Å². The highest BCUT2D eigenvalue weighted by molar-refractivity contribution is 7.89. The van der Waals surface area contributed by atoms with Gasteiger partial charge in [0.25, 0.3) is 5.91 Å². The molecule has 0 aromatic heterocycles. The van der Waals surface area contributed by atoms with Gasteiger partial charge in [-0.25, -0.2) is 17.5 Å². The fourth-order valence-electron chi connectivity index (χ4n) is 3.96. The fourth-order valence-corrected chi connectivity index (χ4v) is 5.35. The summed E-state index contributed by atoms with van der Waals surface area (Å²) in [6, 6.07) is 3.47. The third-order valence-electron chi connectivity index (χ3n) is 5.78. The monoisotopic (exact) mass is 456 g/mol. The Hall–Kier alpha value is -2.17. The maximum absolute atomic E-state index is 13.0. The molecule has 1 aromatic rings. The molecule has 1 spiro atoms. The number of hydrogen-bond acceptors (Lipinski definition) is 5. The van der Waals surface area contributed by atoms with Gasteiger partial charge in [-0.15, -0.1) is 0 Å². The van der Waals surface area contributed by atoms with Gasteiger partial charge in [-0.1, -0.05) is 31.4 Å². The van der Waals surface area contributed by atoms with E-state index in [1.54, 1.807) is 0 Å². The smallest absolute Gasteiger partial charge is 0.324 e. The van der Waals surface area contributed by atoms with Crippen molar-refractivity contribution in [3.8, 4) is 0 Å². The van der Waals surface area contributed by atoms with Crippen molar-refractivity contribution in [2.75, 3.05) is 26.0 Å². The third kappa shape index (κ3) is 3.91. The molecule has 1 aromatic carbocycles. The molecule has 164 valence electrons. The van der Waals surface area contributed by atoms with Crippen molar-refractivity contribution in [2.45, 2.75) is 43.0 Å². The molecule has 1 saturated carbocycles. The summed E-state index contributed by atoms with van der Waals surface area (Å²) in [5.41, 5.74) is -0.749. The Labute approximate surface area is 180 Å². The van der Waals surface area contributed by atoms with Crippen molar-refractivity contribution >= 4 is 45.2 Å². The minimum absolute atomic E-state index is 0.00850. The van der Waals surface area contributed by atoms with E-state index < -0.39 is 34.0 Å². The van der Waals surface area contributed by atoms with Crippen LogP contribution < -0.4 is 10.6 Å². The number of hydrogen-bond donors (Lipinski definition) is 2. The molecule has 1 aliphatic carbocycles. The third-order valence-corrected chi connectivity index (χ3v) is 8.07. The molecule has 0 unspecified atom stereocenters. The zero-order chi connectivity index (χ0) is 22.3. The fraction of sp³-hybridized carbons (Fsp3) is 0.526. The minimum Gasteiger partial charge on any atom is -0.324 e. The Morgan fingerprint density at radius 1 is 1.33 bits per heavy atom. The Kier molecular flexibility index (Phi) is 6.13. The maximum atomic E-state index is 13.0. The summed E-state index contributed by atoms with van der Waals surface area (Å²) >= 11 is 6.01. The van der Waals surface area contributed by atoms with E-state index in [1.807, 2.05) is 6.92 Å². The van der Waals surface area contributed by atoms with Crippen molar-refractivity contribution in [1.82, 2.24) is 14.5 Å². The average molecular weight is 457 g/mol. The maximum Gasteiger partial charge on any atom is 0.325 e. The van der Waals surface area contributed by atoms with Gasteiger partial charge in [0.05, 0.1) is 5.02 Å². The van der Waals surface area contributed by atoms with Crippen LogP contribution in [0.4, 0.5) is 10.5 Å². The molecule has 0 bridgehead atoms. The van der Waals surface area contributed by atoms with E-state index in [2.05, 4.69) is 10.6 Å². The molecule has 2 N–H and O–H groups in total. The molecular weight excluding hydrogens is 432 g/mol. The summed E-state index contributed by atoms with van der Waals surface area (Å²) in [5.74, 6) is -1.01. The first-order valence-electron chi connectivity index (χ1n) is 9.65. The van der Waals surface area contributed by atoms with Crippen LogP contribution in [0.15, 0.2) is 23.1 Å². The second-order valence-corrected chi connectivity index (χ2v) is 10.4. The van der Waals surface area contributed by atoms with Gasteiger partial charge < -0.3 is 10.6 Å². The lowest BCUT2D eigenvalue weighted by Gasteiger charge is -2.36. The molecule has 4 amide bonds. The molecule has 9 nitrogen and oxygen atoms in total. The summed E-state index contributed by atoms with van der Waals surface area (Å²) < 4.78 is 25.8. The number of anilines is 1. The van der Waals surface area contributed by atoms with Crippen LogP contribution in [0.25, 0.3) is 0 Å². The molecular formula is C19H25ClN4O5S. The van der Waals surface area contributed by atoms with Crippen LogP contribution in [0.5, 0.6) is 0 Å². The molecule has 2 atom stereocenters. The summed E-state index contributed by atoms with van der Waals surface area (Å²) in [4.78, 5) is 38.6. The molecule has 1 heterocycles. The minimum atomic E-state index is -3.81. The lowest BCUT2D eigenvalue weighted by atomic mass is 9.73. The van der Waals surface area contributed by atoms with Crippen LogP contribution >= 0.6 is 11.6 Å². The van der Waals surface area contributed by atoms with Crippen LogP contribution in [0, 0.1) is 5.92 Å². The van der Waals surface area contributed by atoms with Gasteiger partial charge >= 0.3 is 6.03 Å². The van der Waals surface area contributed by atoms with E-state index in [1.165, 1.54) is 32.3 Å². The second-order valence-electron chi connectivity index (χ2n) is 7.92. The standard InChI is InChI=1S/C19H25ClN4O5S/c1-12-6-4-5-9-19(12)17(26)24(18(27)22-19)11-16(25)21-13-7-8-14(20)15(10-13)30(28,29)23(2)3/h7-8,10,12H,4-6,9,11H2,1-3H3,(H,21,25)(H,22,27)/t12-,19+/m0/s1. The second kappa shape index (κ2) is 8.16. The van der Waals surface area contributed by atoms with Gasteiger partial charge in [0.15, 0.2) is 0 Å². The zero-order valence-corrected chi connectivity index (χ0v) is 18.6. The van der Waals surface area contributed by atoms with Gasteiger partial charge in [-0.3, -0.25) is 14.5 Å². The summed E-state index contributed by atoms with van der Waals surface area (Å²) in [6.07, 6.45) is 3.23. The summed E-state index contributed by atoms with van der Waals surface area (Å²) in [6.45, 7) is 1.47. The zero-order valence-electron chi connectivity index (χ0n) is 17.1. The van der Waals surface area contributed by atoms with Gasteiger partial charge in [-0.2, -0.15) is 0 Å². The number of nitrogens with zero attached hydrogens (tertiary/aromatic N) is 2. The van der Waals surface area contributed by atoms with Crippen molar-refractivity contribution in [2.24, 2.45) is 5.92 Å². The van der Waals surface area contributed by atoms with E-state index in [9.17, 15) is 22.8 Å². The highest BCUT2D eigenvalue weighted by atomic mass is 35.5. The number of amides is 4. The number of sulfonamides is 1. The highest BCUT2D eigenvalue weighted by Gasteiger charge is 2.55. The number of halogens is 1. The Balaban J connectivity index is 1.75.